The zero-order chi connectivity index (χ0) is 12.4. The van der Waals surface area contributed by atoms with Gasteiger partial charge in [0.25, 0.3) is 0 Å². The maximum atomic E-state index is 11.4. The van der Waals surface area contributed by atoms with E-state index in [9.17, 15) is 4.79 Å². The third-order valence-electron chi connectivity index (χ3n) is 2.79. The Balaban J connectivity index is 2.27. The molecule has 2 rings (SSSR count). The molecule has 1 aromatic carbocycles. The predicted octanol–water partition coefficient (Wildman–Crippen LogP) is 3.13. The van der Waals surface area contributed by atoms with Crippen molar-refractivity contribution in [2.45, 2.75) is 26.7 Å². The summed E-state index contributed by atoms with van der Waals surface area (Å²) in [5, 5.41) is 3.64. The summed E-state index contributed by atoms with van der Waals surface area (Å²) in [7, 11) is 0. The molecule has 0 saturated heterocycles. The maximum Gasteiger partial charge on any atom is 0.367 e. The zero-order valence-corrected chi connectivity index (χ0v) is 10.2. The molecule has 0 amide bonds. The van der Waals surface area contributed by atoms with Gasteiger partial charge in [0.05, 0.1) is 11.3 Å². The van der Waals surface area contributed by atoms with E-state index < -0.39 is 0 Å². The molecule has 0 fully saturated rings. The molecule has 0 atom stereocenters. The van der Waals surface area contributed by atoms with Gasteiger partial charge in [-0.1, -0.05) is 43.3 Å². The van der Waals surface area contributed by atoms with Crippen molar-refractivity contribution >= 4 is 17.8 Å². The van der Waals surface area contributed by atoms with Crippen molar-refractivity contribution in [1.82, 2.24) is 0 Å². The summed E-state index contributed by atoms with van der Waals surface area (Å²) in [6, 6.07) is 8.15. The van der Waals surface area contributed by atoms with Gasteiger partial charge in [0.15, 0.2) is 0 Å². The minimum Gasteiger partial charge on any atom is -0.312 e. The van der Waals surface area contributed by atoms with Crippen LogP contribution in [-0.4, -0.2) is 11.7 Å². The number of hydrogen-bond acceptors (Lipinski definition) is 3. The Morgan fingerprint density at radius 1 is 1.24 bits per heavy atom. The molecular formula is C14H15NO2. The summed E-state index contributed by atoms with van der Waals surface area (Å²) in [5.41, 5.74) is 3.43. The quantitative estimate of drug-likeness (QED) is 0.577. The lowest BCUT2D eigenvalue weighted by Gasteiger charge is -2.04. The Bertz CT molecular complexity index is 495. The van der Waals surface area contributed by atoms with E-state index in [2.05, 4.69) is 36.0 Å². The third kappa shape index (κ3) is 2.44. The second-order valence-electron chi connectivity index (χ2n) is 4.43. The molecule has 0 spiro atoms. The molecule has 0 N–H and O–H groups in total. The Morgan fingerprint density at radius 2 is 1.88 bits per heavy atom. The summed E-state index contributed by atoms with van der Waals surface area (Å²) < 4.78 is 0. The first-order valence-corrected chi connectivity index (χ1v) is 5.66. The van der Waals surface area contributed by atoms with Crippen LogP contribution in [0.3, 0.4) is 0 Å². The molecule has 3 nitrogen and oxygen atoms in total. The van der Waals surface area contributed by atoms with Gasteiger partial charge < -0.3 is 4.84 Å². The highest BCUT2D eigenvalue weighted by Gasteiger charge is 2.21. The molecule has 3 heteroatoms. The SMILES string of the molecule is CC1=NOC(=O)/C1=C\c1ccc(C(C)C)cc1. The van der Waals surface area contributed by atoms with Crippen molar-refractivity contribution in [2.24, 2.45) is 5.16 Å². The Labute approximate surface area is 101 Å². The van der Waals surface area contributed by atoms with Crippen molar-refractivity contribution in [1.29, 1.82) is 0 Å². The molecule has 17 heavy (non-hydrogen) atoms. The summed E-state index contributed by atoms with van der Waals surface area (Å²) >= 11 is 0. The number of oxime groups is 1. The van der Waals surface area contributed by atoms with Crippen molar-refractivity contribution < 1.29 is 9.63 Å². The zero-order valence-electron chi connectivity index (χ0n) is 10.2. The van der Waals surface area contributed by atoms with Crippen molar-refractivity contribution in [3.63, 3.8) is 0 Å². The first-order chi connectivity index (χ1) is 8.08. The fraction of sp³-hybridized carbons (Fsp3) is 0.286. The molecule has 0 saturated carbocycles. The average Bonchev–Trinajstić information content (AvgIpc) is 2.61. The van der Waals surface area contributed by atoms with Gasteiger partial charge in [-0.25, -0.2) is 4.79 Å². The monoisotopic (exact) mass is 229 g/mol. The third-order valence-corrected chi connectivity index (χ3v) is 2.79. The van der Waals surface area contributed by atoms with E-state index in [1.54, 1.807) is 13.0 Å². The van der Waals surface area contributed by atoms with Gasteiger partial charge in [-0.05, 0) is 30.0 Å². The number of carbonyl (C=O) groups is 1. The van der Waals surface area contributed by atoms with Crippen LogP contribution in [0.2, 0.25) is 0 Å². The Morgan fingerprint density at radius 3 is 2.35 bits per heavy atom. The van der Waals surface area contributed by atoms with Crippen LogP contribution in [-0.2, 0) is 9.63 Å². The molecule has 0 unspecified atom stereocenters. The standard InChI is InChI=1S/C14H15NO2/c1-9(2)12-6-4-11(5-7-12)8-13-10(3)15-17-14(13)16/h4-9H,1-3H3/b13-8-. The Hall–Kier alpha value is -1.90. The van der Waals surface area contributed by atoms with Crippen LogP contribution < -0.4 is 0 Å². The minimum absolute atomic E-state index is 0.379. The molecule has 0 aliphatic carbocycles. The van der Waals surface area contributed by atoms with Crippen molar-refractivity contribution in [3.8, 4) is 0 Å². The van der Waals surface area contributed by atoms with Crippen LogP contribution in [0.15, 0.2) is 35.0 Å². The van der Waals surface area contributed by atoms with Gasteiger partial charge in [-0.15, -0.1) is 0 Å². The van der Waals surface area contributed by atoms with Crippen LogP contribution in [0.25, 0.3) is 6.08 Å². The lowest BCUT2D eigenvalue weighted by molar-refractivity contribution is -0.136. The summed E-state index contributed by atoms with van der Waals surface area (Å²) in [4.78, 5) is 16.0. The van der Waals surface area contributed by atoms with Crippen molar-refractivity contribution in [2.75, 3.05) is 0 Å². The second kappa shape index (κ2) is 4.53. The lowest BCUT2D eigenvalue weighted by Crippen LogP contribution is -2.01. The number of nitrogens with zero attached hydrogens (tertiary/aromatic N) is 1. The number of benzene rings is 1. The molecule has 88 valence electrons. The molecule has 0 radical (unpaired) electrons. The second-order valence-corrected chi connectivity index (χ2v) is 4.43. The average molecular weight is 229 g/mol. The van der Waals surface area contributed by atoms with E-state index in [0.717, 1.165) is 5.56 Å². The smallest absolute Gasteiger partial charge is 0.312 e. The van der Waals surface area contributed by atoms with E-state index in [4.69, 9.17) is 0 Å². The molecule has 1 heterocycles. The van der Waals surface area contributed by atoms with Crippen LogP contribution >= 0.6 is 0 Å². The van der Waals surface area contributed by atoms with Crippen molar-refractivity contribution in [3.05, 3.63) is 41.0 Å². The summed E-state index contributed by atoms with van der Waals surface area (Å²) in [6.07, 6.45) is 1.80. The highest BCUT2D eigenvalue weighted by atomic mass is 16.7. The van der Waals surface area contributed by atoms with Gasteiger partial charge in [0.1, 0.15) is 0 Å². The maximum absolute atomic E-state index is 11.4. The summed E-state index contributed by atoms with van der Waals surface area (Å²) in [5.74, 6) is 0.131. The first kappa shape index (κ1) is 11.6. The van der Waals surface area contributed by atoms with Gasteiger partial charge >= 0.3 is 5.97 Å². The van der Waals surface area contributed by atoms with E-state index in [1.165, 1.54) is 5.56 Å². The van der Waals surface area contributed by atoms with Gasteiger partial charge in [-0.3, -0.25) is 0 Å². The molecule has 1 aromatic rings. The summed E-state index contributed by atoms with van der Waals surface area (Å²) in [6.45, 7) is 6.07. The van der Waals surface area contributed by atoms with Crippen LogP contribution in [0, 0.1) is 0 Å². The van der Waals surface area contributed by atoms with E-state index in [1.807, 2.05) is 12.1 Å². The van der Waals surface area contributed by atoms with Crippen LogP contribution in [0.1, 0.15) is 37.8 Å². The fourth-order valence-corrected chi connectivity index (χ4v) is 1.66. The molecule has 0 aromatic heterocycles. The normalized spacial score (nSPS) is 17.5. The van der Waals surface area contributed by atoms with E-state index in [0.29, 0.717) is 17.2 Å². The predicted molar refractivity (Wildman–Crippen MR) is 67.7 cm³/mol. The van der Waals surface area contributed by atoms with E-state index in [-0.39, 0.29) is 5.97 Å². The topological polar surface area (TPSA) is 38.7 Å². The lowest BCUT2D eigenvalue weighted by atomic mass is 10.0. The van der Waals surface area contributed by atoms with Crippen LogP contribution in [0.4, 0.5) is 0 Å². The van der Waals surface area contributed by atoms with Gasteiger partial charge in [0.2, 0.25) is 0 Å². The highest BCUT2D eigenvalue weighted by molar-refractivity contribution is 6.24. The van der Waals surface area contributed by atoms with Crippen LogP contribution in [0.5, 0.6) is 0 Å². The largest absolute Gasteiger partial charge is 0.367 e. The number of carbonyl (C=O) groups excluding carboxylic acids is 1. The molecule has 0 bridgehead atoms. The molecule has 1 aliphatic rings. The fourth-order valence-electron chi connectivity index (χ4n) is 1.66. The van der Waals surface area contributed by atoms with Gasteiger partial charge in [0, 0.05) is 0 Å². The highest BCUT2D eigenvalue weighted by Crippen LogP contribution is 2.18. The van der Waals surface area contributed by atoms with Gasteiger partial charge in [-0.2, -0.15) is 0 Å². The van der Waals surface area contributed by atoms with E-state index >= 15 is 0 Å². The number of rotatable bonds is 2. The first-order valence-electron chi connectivity index (χ1n) is 5.66. The number of hydrogen-bond donors (Lipinski definition) is 0. The Kier molecular flexibility index (Phi) is 3.09. The molecular weight excluding hydrogens is 214 g/mol. The minimum atomic E-state index is -0.379. The molecule has 1 aliphatic heterocycles.